The van der Waals surface area contributed by atoms with Crippen LogP contribution in [-0.4, -0.2) is 16.2 Å². The first-order valence-corrected chi connectivity index (χ1v) is 4.63. The van der Waals surface area contributed by atoms with Gasteiger partial charge in [-0.05, 0) is 17.7 Å². The molecule has 0 aliphatic rings. The average Bonchev–Trinajstić information content (AvgIpc) is 2.29. The minimum atomic E-state index is -1.15. The van der Waals surface area contributed by atoms with Crippen LogP contribution in [0.3, 0.4) is 0 Å². The van der Waals surface area contributed by atoms with Crippen molar-refractivity contribution in [1.29, 1.82) is 5.26 Å². The fourth-order valence-corrected chi connectivity index (χ4v) is 1.33. The van der Waals surface area contributed by atoms with Crippen molar-refractivity contribution in [3.8, 4) is 6.07 Å². The Bertz CT molecular complexity index is 431. The number of nitrogens with zero attached hydrogens (tertiary/aromatic N) is 1. The highest BCUT2D eigenvalue weighted by atomic mass is 16.4. The van der Waals surface area contributed by atoms with E-state index in [2.05, 4.69) is 6.58 Å². The van der Waals surface area contributed by atoms with E-state index in [4.69, 9.17) is 10.4 Å². The third-order valence-corrected chi connectivity index (χ3v) is 2.26. The Hall–Kier alpha value is -2.12. The summed E-state index contributed by atoms with van der Waals surface area (Å²) in [5, 5.41) is 27.2. The Labute approximate surface area is 93.1 Å². The molecule has 16 heavy (non-hydrogen) atoms. The average molecular weight is 217 g/mol. The molecule has 0 amide bonds. The number of aliphatic hydroxyl groups excluding tert-OH is 1. The van der Waals surface area contributed by atoms with Gasteiger partial charge in [0.05, 0.1) is 17.7 Å². The van der Waals surface area contributed by atoms with Gasteiger partial charge < -0.3 is 10.2 Å². The van der Waals surface area contributed by atoms with Crippen molar-refractivity contribution in [3.63, 3.8) is 0 Å². The van der Waals surface area contributed by atoms with Gasteiger partial charge in [-0.2, -0.15) is 5.26 Å². The van der Waals surface area contributed by atoms with Gasteiger partial charge in [0.2, 0.25) is 0 Å². The van der Waals surface area contributed by atoms with Gasteiger partial charge in [-0.15, -0.1) is 6.58 Å². The van der Waals surface area contributed by atoms with Gasteiger partial charge in [0, 0.05) is 0 Å². The van der Waals surface area contributed by atoms with Crippen molar-refractivity contribution < 1.29 is 15.0 Å². The SMILES string of the molecule is C=C[C@@H](C(=O)O)[C@H](O)c1ccc(C#N)cc1. The smallest absolute Gasteiger partial charge is 0.313 e. The van der Waals surface area contributed by atoms with Crippen molar-refractivity contribution in [1.82, 2.24) is 0 Å². The number of aliphatic hydroxyl groups is 1. The molecule has 1 aromatic rings. The summed E-state index contributed by atoms with van der Waals surface area (Å²) in [5.41, 5.74) is 0.910. The van der Waals surface area contributed by atoms with Crippen LogP contribution >= 0.6 is 0 Å². The molecule has 4 nitrogen and oxygen atoms in total. The van der Waals surface area contributed by atoms with Crippen LogP contribution < -0.4 is 0 Å². The van der Waals surface area contributed by atoms with E-state index in [1.165, 1.54) is 30.3 Å². The number of carboxylic acids is 1. The van der Waals surface area contributed by atoms with Crippen LogP contribution in [0.15, 0.2) is 36.9 Å². The van der Waals surface area contributed by atoms with Crippen molar-refractivity contribution in [2.75, 3.05) is 0 Å². The molecular weight excluding hydrogens is 206 g/mol. The zero-order chi connectivity index (χ0) is 12.1. The number of benzene rings is 1. The van der Waals surface area contributed by atoms with Gasteiger partial charge >= 0.3 is 5.97 Å². The van der Waals surface area contributed by atoms with Crippen LogP contribution in [0.5, 0.6) is 0 Å². The first-order valence-electron chi connectivity index (χ1n) is 4.63. The van der Waals surface area contributed by atoms with E-state index < -0.39 is 18.0 Å². The monoisotopic (exact) mass is 217 g/mol. The number of rotatable bonds is 4. The molecule has 1 aromatic carbocycles. The Morgan fingerprint density at radius 3 is 2.38 bits per heavy atom. The van der Waals surface area contributed by atoms with Gasteiger partial charge in [-0.25, -0.2) is 0 Å². The van der Waals surface area contributed by atoms with E-state index in [0.717, 1.165) is 0 Å². The number of hydrogen-bond donors (Lipinski definition) is 2. The second kappa shape index (κ2) is 5.10. The fourth-order valence-electron chi connectivity index (χ4n) is 1.33. The Balaban J connectivity index is 2.95. The zero-order valence-electron chi connectivity index (χ0n) is 8.50. The van der Waals surface area contributed by atoms with Crippen LogP contribution in [0.25, 0.3) is 0 Å². The topological polar surface area (TPSA) is 81.3 Å². The molecule has 0 unspecified atom stereocenters. The summed E-state index contributed by atoms with van der Waals surface area (Å²) in [6, 6.07) is 8.06. The van der Waals surface area contributed by atoms with Crippen molar-refractivity contribution in [2.45, 2.75) is 6.10 Å². The second-order valence-corrected chi connectivity index (χ2v) is 3.28. The molecule has 0 aromatic heterocycles. The van der Waals surface area contributed by atoms with Crippen LogP contribution in [-0.2, 0) is 4.79 Å². The predicted molar refractivity (Wildman–Crippen MR) is 57.4 cm³/mol. The predicted octanol–water partition coefficient (Wildman–Crippen LogP) is 1.48. The summed E-state index contributed by atoms with van der Waals surface area (Å²) in [4.78, 5) is 10.8. The van der Waals surface area contributed by atoms with Crippen molar-refractivity contribution in [2.24, 2.45) is 5.92 Å². The fraction of sp³-hybridized carbons (Fsp3) is 0.167. The van der Waals surface area contributed by atoms with E-state index in [-0.39, 0.29) is 0 Å². The summed E-state index contributed by atoms with van der Waals surface area (Å²) >= 11 is 0. The molecule has 1 rings (SSSR count). The molecule has 4 heteroatoms. The van der Waals surface area contributed by atoms with Crippen LogP contribution in [0.1, 0.15) is 17.2 Å². The summed E-state index contributed by atoms with van der Waals surface area (Å²) < 4.78 is 0. The molecule has 0 bridgehead atoms. The molecule has 0 radical (unpaired) electrons. The Morgan fingerprint density at radius 2 is 2.00 bits per heavy atom. The van der Waals surface area contributed by atoms with Crippen LogP contribution in [0.4, 0.5) is 0 Å². The van der Waals surface area contributed by atoms with E-state index in [9.17, 15) is 9.90 Å². The third kappa shape index (κ3) is 2.47. The van der Waals surface area contributed by atoms with Crippen molar-refractivity contribution >= 4 is 5.97 Å². The minimum Gasteiger partial charge on any atom is -0.481 e. The van der Waals surface area contributed by atoms with Gasteiger partial charge in [0.15, 0.2) is 0 Å². The van der Waals surface area contributed by atoms with Crippen molar-refractivity contribution in [3.05, 3.63) is 48.0 Å². The molecule has 82 valence electrons. The number of carboxylic acid groups (broad SMARTS) is 1. The molecule has 2 atom stereocenters. The Morgan fingerprint density at radius 1 is 1.44 bits per heavy atom. The summed E-state index contributed by atoms with van der Waals surface area (Å²) in [5.74, 6) is -2.18. The van der Waals surface area contributed by atoms with Gasteiger partial charge in [-0.1, -0.05) is 18.2 Å². The molecular formula is C12H11NO3. The van der Waals surface area contributed by atoms with Crippen LogP contribution in [0, 0.1) is 17.2 Å². The number of aliphatic carboxylic acids is 1. The standard InChI is InChI=1S/C12H11NO3/c1-2-10(12(15)16)11(14)9-5-3-8(7-13)4-6-9/h2-6,10-11,14H,1H2,(H,15,16)/t10-,11-/m1/s1. The molecule has 2 N–H and O–H groups in total. The molecule has 0 heterocycles. The molecule has 0 saturated carbocycles. The first kappa shape index (κ1) is 12.0. The Kier molecular flexibility index (Phi) is 3.81. The number of hydrogen-bond acceptors (Lipinski definition) is 3. The van der Waals surface area contributed by atoms with E-state index in [1.54, 1.807) is 0 Å². The molecule has 0 aliphatic heterocycles. The molecule has 0 aliphatic carbocycles. The number of nitriles is 1. The maximum Gasteiger partial charge on any atom is 0.313 e. The van der Waals surface area contributed by atoms with E-state index in [1.807, 2.05) is 6.07 Å². The minimum absolute atomic E-state index is 0.450. The quantitative estimate of drug-likeness (QED) is 0.748. The maximum atomic E-state index is 10.8. The van der Waals surface area contributed by atoms with E-state index >= 15 is 0 Å². The normalized spacial score (nSPS) is 13.5. The van der Waals surface area contributed by atoms with Crippen LogP contribution in [0.2, 0.25) is 0 Å². The summed E-state index contributed by atoms with van der Waals surface area (Å²) in [7, 11) is 0. The van der Waals surface area contributed by atoms with E-state index in [0.29, 0.717) is 11.1 Å². The molecule has 0 saturated heterocycles. The molecule has 0 fully saturated rings. The lowest BCUT2D eigenvalue weighted by Crippen LogP contribution is -2.19. The summed E-state index contributed by atoms with van der Waals surface area (Å²) in [6.07, 6.45) is 0.0355. The highest BCUT2D eigenvalue weighted by Crippen LogP contribution is 2.23. The maximum absolute atomic E-state index is 10.8. The zero-order valence-corrected chi connectivity index (χ0v) is 8.50. The third-order valence-electron chi connectivity index (χ3n) is 2.26. The van der Waals surface area contributed by atoms with Gasteiger partial charge in [0.25, 0.3) is 0 Å². The highest BCUT2D eigenvalue weighted by molar-refractivity contribution is 5.73. The lowest BCUT2D eigenvalue weighted by molar-refractivity contribution is -0.143. The molecule has 0 spiro atoms. The second-order valence-electron chi connectivity index (χ2n) is 3.28. The van der Waals surface area contributed by atoms with Gasteiger partial charge in [0.1, 0.15) is 5.92 Å². The largest absolute Gasteiger partial charge is 0.481 e. The lowest BCUT2D eigenvalue weighted by atomic mass is 9.95. The first-order chi connectivity index (χ1) is 7.60. The number of carbonyl (C=O) groups is 1. The summed E-state index contributed by atoms with van der Waals surface area (Å²) in [6.45, 7) is 3.37. The highest BCUT2D eigenvalue weighted by Gasteiger charge is 2.24. The lowest BCUT2D eigenvalue weighted by Gasteiger charge is -2.15. The van der Waals surface area contributed by atoms with Gasteiger partial charge in [-0.3, -0.25) is 4.79 Å².